The van der Waals surface area contributed by atoms with Crippen LogP contribution in [-0.4, -0.2) is 15.0 Å². The minimum Gasteiger partial charge on any atom is -0.208 e. The number of aromatic nitrogens is 3. The summed E-state index contributed by atoms with van der Waals surface area (Å²) in [7, 11) is 0. The van der Waals surface area contributed by atoms with Crippen molar-refractivity contribution < 1.29 is 0 Å². The number of nitrogens with zero attached hydrogens (tertiary/aromatic N) is 4. The maximum Gasteiger partial charge on any atom is 0.164 e. The van der Waals surface area contributed by atoms with Crippen molar-refractivity contribution in [3.05, 3.63) is 151 Å². The summed E-state index contributed by atoms with van der Waals surface area (Å²) in [5.74, 6) is 4.56. The molecule has 52 heavy (non-hydrogen) atoms. The second kappa shape index (κ2) is 12.4. The molecule has 4 fully saturated rings. The Morgan fingerprint density at radius 2 is 0.962 bits per heavy atom. The summed E-state index contributed by atoms with van der Waals surface area (Å²) in [6.07, 6.45) is 8.34. The third-order valence-electron chi connectivity index (χ3n) is 12.1. The van der Waals surface area contributed by atoms with Gasteiger partial charge in [-0.25, -0.2) is 15.0 Å². The first-order valence-corrected chi connectivity index (χ1v) is 18.7. The summed E-state index contributed by atoms with van der Waals surface area (Å²) in [4.78, 5) is 15.2. The SMILES string of the molecule is N#Cc1ccc(-c2cc(-c3nc(-c4ccccc4)nc(-c4ccccc4)n3)cc(-c3ccc(C45C[C@H]6C[C@@H](C4)C[C@@H](C5)C6)c4ccccc34)c2)cc1. The van der Waals surface area contributed by atoms with Crippen molar-refractivity contribution in [3.63, 3.8) is 0 Å². The Morgan fingerprint density at radius 3 is 1.54 bits per heavy atom. The highest BCUT2D eigenvalue weighted by Gasteiger charge is 2.52. The number of hydrogen-bond acceptors (Lipinski definition) is 4. The fourth-order valence-electron chi connectivity index (χ4n) is 10.2. The van der Waals surface area contributed by atoms with Crippen molar-refractivity contribution in [2.45, 2.75) is 43.9 Å². The molecule has 11 rings (SSSR count). The van der Waals surface area contributed by atoms with Gasteiger partial charge in [-0.1, -0.05) is 109 Å². The van der Waals surface area contributed by atoms with E-state index < -0.39 is 0 Å². The molecule has 7 aromatic rings. The monoisotopic (exact) mass is 670 g/mol. The first-order chi connectivity index (χ1) is 25.6. The normalized spacial score (nSPS) is 21.6. The number of benzene rings is 6. The smallest absolute Gasteiger partial charge is 0.164 e. The van der Waals surface area contributed by atoms with Gasteiger partial charge in [0.2, 0.25) is 0 Å². The molecule has 4 aliphatic carbocycles. The molecule has 4 bridgehead atoms. The van der Waals surface area contributed by atoms with Crippen LogP contribution in [0.25, 0.3) is 67.2 Å². The lowest BCUT2D eigenvalue weighted by Gasteiger charge is -2.57. The number of hydrogen-bond donors (Lipinski definition) is 0. The van der Waals surface area contributed by atoms with Crippen molar-refractivity contribution >= 4 is 10.8 Å². The summed E-state index contributed by atoms with van der Waals surface area (Å²) >= 11 is 0. The molecule has 0 aliphatic heterocycles. The van der Waals surface area contributed by atoms with Gasteiger partial charge in [0.1, 0.15) is 0 Å². The van der Waals surface area contributed by atoms with Crippen LogP contribution in [0.5, 0.6) is 0 Å². The molecular weight excluding hydrogens is 633 g/mol. The van der Waals surface area contributed by atoms with Crippen LogP contribution in [0, 0.1) is 29.1 Å². The van der Waals surface area contributed by atoms with E-state index in [-0.39, 0.29) is 0 Å². The van der Waals surface area contributed by atoms with E-state index in [1.165, 1.54) is 54.9 Å². The molecule has 4 aliphatic rings. The van der Waals surface area contributed by atoms with Crippen LogP contribution in [0.2, 0.25) is 0 Å². The summed E-state index contributed by atoms with van der Waals surface area (Å²) in [5, 5.41) is 12.2. The van der Waals surface area contributed by atoms with Gasteiger partial charge in [-0.15, -0.1) is 0 Å². The molecule has 0 unspecified atom stereocenters. The summed E-state index contributed by atoms with van der Waals surface area (Å²) in [5.41, 5.74) is 9.73. The molecule has 4 nitrogen and oxygen atoms in total. The molecule has 6 aromatic carbocycles. The zero-order valence-corrected chi connectivity index (χ0v) is 29.0. The van der Waals surface area contributed by atoms with E-state index in [0.29, 0.717) is 28.5 Å². The first kappa shape index (κ1) is 30.9. The highest BCUT2D eigenvalue weighted by molar-refractivity contribution is 6.00. The molecule has 1 heterocycles. The van der Waals surface area contributed by atoms with Crippen molar-refractivity contribution in [2.75, 3.05) is 0 Å². The van der Waals surface area contributed by atoms with Gasteiger partial charge < -0.3 is 0 Å². The molecule has 0 amide bonds. The fourth-order valence-corrected chi connectivity index (χ4v) is 10.2. The second-order valence-electron chi connectivity index (χ2n) is 15.4. The lowest BCUT2D eigenvalue weighted by atomic mass is 9.47. The van der Waals surface area contributed by atoms with Crippen LogP contribution in [0.15, 0.2) is 140 Å². The predicted octanol–water partition coefficient (Wildman–Crippen LogP) is 11.7. The minimum absolute atomic E-state index is 0.301. The van der Waals surface area contributed by atoms with E-state index in [1.54, 1.807) is 5.56 Å². The fraction of sp³-hybridized carbons (Fsp3) is 0.208. The lowest BCUT2D eigenvalue weighted by Crippen LogP contribution is -2.48. The van der Waals surface area contributed by atoms with Crippen molar-refractivity contribution in [1.29, 1.82) is 5.26 Å². The standard InChI is InChI=1S/C48H38N4/c49-30-31-15-17-35(18-16-31)38-24-39(26-40(25-38)47-51-45(36-9-3-1-4-10-36)50-46(52-47)37-11-5-2-6-12-37)41-19-20-44(43-14-8-7-13-42(41)43)48-27-32-21-33(28-48)23-34(22-32)29-48/h1-20,24-26,32-34H,21-23,27-29H2/t32-,33+,34-,48?. The van der Waals surface area contributed by atoms with E-state index in [4.69, 9.17) is 15.0 Å². The Kier molecular flexibility index (Phi) is 7.35. The highest BCUT2D eigenvalue weighted by Crippen LogP contribution is 2.61. The summed E-state index contributed by atoms with van der Waals surface area (Å²) < 4.78 is 0. The van der Waals surface area contributed by atoms with Crippen molar-refractivity contribution in [2.24, 2.45) is 17.8 Å². The summed E-state index contributed by atoms with van der Waals surface area (Å²) in [6, 6.07) is 51.0. The van der Waals surface area contributed by atoms with E-state index in [2.05, 4.69) is 60.7 Å². The van der Waals surface area contributed by atoms with Crippen molar-refractivity contribution in [3.8, 4) is 62.5 Å². The van der Waals surface area contributed by atoms with Gasteiger partial charge >= 0.3 is 0 Å². The third-order valence-corrected chi connectivity index (χ3v) is 12.1. The van der Waals surface area contributed by atoms with Gasteiger partial charge in [0.25, 0.3) is 0 Å². The highest BCUT2D eigenvalue weighted by atomic mass is 15.0. The van der Waals surface area contributed by atoms with Crippen LogP contribution in [0.1, 0.15) is 49.7 Å². The van der Waals surface area contributed by atoms with E-state index in [0.717, 1.165) is 51.1 Å². The van der Waals surface area contributed by atoms with E-state index >= 15 is 0 Å². The molecule has 0 atom stereocenters. The largest absolute Gasteiger partial charge is 0.208 e. The van der Waals surface area contributed by atoms with Crippen LogP contribution >= 0.6 is 0 Å². The third kappa shape index (κ3) is 5.40. The van der Waals surface area contributed by atoms with Crippen LogP contribution < -0.4 is 0 Å². The molecule has 250 valence electrons. The number of fused-ring (bicyclic) bond motifs is 1. The molecule has 4 saturated carbocycles. The molecule has 0 N–H and O–H groups in total. The van der Waals surface area contributed by atoms with Crippen molar-refractivity contribution in [1.82, 2.24) is 15.0 Å². The van der Waals surface area contributed by atoms with Crippen LogP contribution in [-0.2, 0) is 5.41 Å². The molecule has 4 heteroatoms. The Labute approximate surface area is 304 Å². The second-order valence-corrected chi connectivity index (χ2v) is 15.4. The van der Waals surface area contributed by atoms with E-state index in [9.17, 15) is 5.26 Å². The maximum absolute atomic E-state index is 9.54. The zero-order chi connectivity index (χ0) is 34.6. The number of nitriles is 1. The molecule has 0 radical (unpaired) electrons. The maximum atomic E-state index is 9.54. The minimum atomic E-state index is 0.301. The van der Waals surface area contributed by atoms with Gasteiger partial charge in [0, 0.05) is 16.7 Å². The van der Waals surface area contributed by atoms with Gasteiger partial charge in [-0.3, -0.25) is 0 Å². The molecule has 0 spiro atoms. The molecule has 0 saturated heterocycles. The first-order valence-electron chi connectivity index (χ1n) is 18.7. The average molecular weight is 671 g/mol. The van der Waals surface area contributed by atoms with Gasteiger partial charge in [0.05, 0.1) is 11.6 Å². The van der Waals surface area contributed by atoms with Gasteiger partial charge in [0.15, 0.2) is 17.5 Å². The molecule has 1 aromatic heterocycles. The molecular formula is C48H38N4. The summed E-state index contributed by atoms with van der Waals surface area (Å²) in [6.45, 7) is 0. The predicted molar refractivity (Wildman–Crippen MR) is 209 cm³/mol. The van der Waals surface area contributed by atoms with Gasteiger partial charge in [-0.2, -0.15) is 5.26 Å². The van der Waals surface area contributed by atoms with E-state index in [1.807, 2.05) is 84.9 Å². The van der Waals surface area contributed by atoms with Crippen LogP contribution in [0.4, 0.5) is 0 Å². The topological polar surface area (TPSA) is 62.5 Å². The van der Waals surface area contributed by atoms with Crippen LogP contribution in [0.3, 0.4) is 0 Å². The quantitative estimate of drug-likeness (QED) is 0.177. The number of rotatable bonds is 6. The Bertz CT molecular complexity index is 2400. The van der Waals surface area contributed by atoms with Gasteiger partial charge in [-0.05, 0) is 131 Å². The Hall–Kier alpha value is -5.92. The Morgan fingerprint density at radius 1 is 0.462 bits per heavy atom. The average Bonchev–Trinajstić information content (AvgIpc) is 3.20. The lowest BCUT2D eigenvalue weighted by molar-refractivity contribution is -0.00449. The Balaban J connectivity index is 1.17. The zero-order valence-electron chi connectivity index (χ0n) is 29.0.